The molecule has 0 spiro atoms. The molecule has 0 unspecified atom stereocenters. The van der Waals surface area contributed by atoms with Crippen molar-refractivity contribution in [1.82, 2.24) is 9.80 Å². The minimum Gasteiger partial charge on any atom is -0.385 e. The molecule has 1 aliphatic carbocycles. The van der Waals surface area contributed by atoms with Gasteiger partial charge in [0.15, 0.2) is 0 Å². The summed E-state index contributed by atoms with van der Waals surface area (Å²) in [6.45, 7) is 5.83. The Morgan fingerprint density at radius 3 is 2.50 bits per heavy atom. The summed E-state index contributed by atoms with van der Waals surface area (Å²) in [5.41, 5.74) is 0. The highest BCUT2D eigenvalue weighted by Gasteiger charge is 2.34. The summed E-state index contributed by atoms with van der Waals surface area (Å²) in [6.07, 6.45) is 3.33. The zero-order valence-corrected chi connectivity index (χ0v) is 10.2. The van der Waals surface area contributed by atoms with Crippen LogP contribution >= 0.6 is 0 Å². The van der Waals surface area contributed by atoms with E-state index in [1.54, 1.807) is 7.11 Å². The molecule has 0 aromatic carbocycles. The molecule has 16 heavy (non-hydrogen) atoms. The van der Waals surface area contributed by atoms with Crippen LogP contribution in [0.2, 0.25) is 0 Å². The first kappa shape index (κ1) is 11.9. The highest BCUT2D eigenvalue weighted by atomic mass is 16.5. The molecule has 1 saturated heterocycles. The van der Waals surface area contributed by atoms with Crippen molar-refractivity contribution in [3.63, 3.8) is 0 Å². The van der Waals surface area contributed by atoms with Gasteiger partial charge in [-0.05, 0) is 19.3 Å². The largest absolute Gasteiger partial charge is 0.385 e. The third-order valence-electron chi connectivity index (χ3n) is 3.43. The van der Waals surface area contributed by atoms with Gasteiger partial charge in [-0.2, -0.15) is 0 Å². The van der Waals surface area contributed by atoms with Gasteiger partial charge in [-0.1, -0.05) is 0 Å². The Morgan fingerprint density at radius 1 is 1.25 bits per heavy atom. The van der Waals surface area contributed by atoms with E-state index in [0.717, 1.165) is 58.6 Å². The van der Waals surface area contributed by atoms with Gasteiger partial charge in [0.05, 0.1) is 0 Å². The quantitative estimate of drug-likeness (QED) is 0.643. The molecule has 0 aromatic heterocycles. The monoisotopic (exact) mass is 226 g/mol. The Morgan fingerprint density at radius 2 is 1.94 bits per heavy atom. The Hall–Kier alpha value is -0.610. The number of carbonyl (C=O) groups is 1. The molecule has 0 N–H and O–H groups in total. The van der Waals surface area contributed by atoms with Crippen LogP contribution in [-0.4, -0.2) is 62.1 Å². The van der Waals surface area contributed by atoms with Crippen molar-refractivity contribution in [3.05, 3.63) is 0 Å². The minimum absolute atomic E-state index is 0.375. The zero-order valence-electron chi connectivity index (χ0n) is 10.2. The van der Waals surface area contributed by atoms with E-state index in [-0.39, 0.29) is 0 Å². The van der Waals surface area contributed by atoms with E-state index >= 15 is 0 Å². The van der Waals surface area contributed by atoms with Gasteiger partial charge in [-0.25, -0.2) is 0 Å². The summed E-state index contributed by atoms with van der Waals surface area (Å²) in [4.78, 5) is 16.3. The molecule has 2 rings (SSSR count). The van der Waals surface area contributed by atoms with Crippen LogP contribution in [0.25, 0.3) is 0 Å². The first-order valence-corrected chi connectivity index (χ1v) is 6.31. The zero-order chi connectivity index (χ0) is 11.4. The van der Waals surface area contributed by atoms with Gasteiger partial charge in [-0.15, -0.1) is 0 Å². The van der Waals surface area contributed by atoms with Crippen molar-refractivity contribution in [3.8, 4) is 0 Å². The summed E-state index contributed by atoms with van der Waals surface area (Å²) >= 11 is 0. The second-order valence-electron chi connectivity index (χ2n) is 4.79. The molecule has 1 heterocycles. The molecular weight excluding hydrogens is 204 g/mol. The third kappa shape index (κ3) is 3.19. The minimum atomic E-state index is 0.375. The van der Waals surface area contributed by atoms with Crippen molar-refractivity contribution < 1.29 is 9.53 Å². The van der Waals surface area contributed by atoms with E-state index in [9.17, 15) is 4.79 Å². The summed E-state index contributed by atoms with van der Waals surface area (Å²) < 4.78 is 5.04. The molecule has 1 aliphatic heterocycles. The molecule has 4 nitrogen and oxygen atoms in total. The summed E-state index contributed by atoms with van der Waals surface area (Å²) in [6, 6.07) is 0. The lowest BCUT2D eigenvalue weighted by atomic mass is 10.2. The van der Waals surface area contributed by atoms with Gasteiger partial charge in [0, 0.05) is 52.4 Å². The maximum Gasteiger partial charge on any atom is 0.225 e. The van der Waals surface area contributed by atoms with Crippen molar-refractivity contribution >= 4 is 5.91 Å². The molecule has 92 valence electrons. The highest BCUT2D eigenvalue weighted by Crippen LogP contribution is 2.31. The van der Waals surface area contributed by atoms with E-state index in [1.807, 2.05) is 4.90 Å². The molecule has 0 bridgehead atoms. The number of nitrogens with zero attached hydrogens (tertiary/aromatic N) is 2. The Balaban J connectivity index is 1.63. The van der Waals surface area contributed by atoms with Crippen LogP contribution in [0, 0.1) is 5.92 Å². The van der Waals surface area contributed by atoms with Crippen LogP contribution < -0.4 is 0 Å². The molecule has 2 fully saturated rings. The molecule has 2 aliphatic rings. The molecular formula is C12H22N2O2. The van der Waals surface area contributed by atoms with Crippen molar-refractivity contribution in [2.45, 2.75) is 19.3 Å². The third-order valence-corrected chi connectivity index (χ3v) is 3.43. The number of amides is 1. The van der Waals surface area contributed by atoms with Crippen molar-refractivity contribution in [1.29, 1.82) is 0 Å². The lowest BCUT2D eigenvalue weighted by molar-refractivity contribution is -0.134. The van der Waals surface area contributed by atoms with Gasteiger partial charge >= 0.3 is 0 Å². The number of hydrogen-bond donors (Lipinski definition) is 0. The maximum absolute atomic E-state index is 11.8. The topological polar surface area (TPSA) is 32.8 Å². The number of rotatable bonds is 5. The normalized spacial score (nSPS) is 22.4. The SMILES string of the molecule is COCCCN1CCN(C(=O)C2CC2)CC1. The molecule has 0 atom stereocenters. The van der Waals surface area contributed by atoms with Crippen LogP contribution in [0.5, 0.6) is 0 Å². The van der Waals surface area contributed by atoms with Gasteiger partial charge in [0.2, 0.25) is 5.91 Å². The summed E-state index contributed by atoms with van der Waals surface area (Å²) in [5.74, 6) is 0.775. The van der Waals surface area contributed by atoms with Gasteiger partial charge in [-0.3, -0.25) is 9.69 Å². The molecule has 4 heteroatoms. The average Bonchev–Trinajstić information content (AvgIpc) is 3.13. The standard InChI is InChI=1S/C12H22N2O2/c1-16-10-2-5-13-6-8-14(9-7-13)12(15)11-3-4-11/h11H,2-10H2,1H3. The lowest BCUT2D eigenvalue weighted by Crippen LogP contribution is -2.49. The second kappa shape index (κ2) is 5.64. The van der Waals surface area contributed by atoms with E-state index in [0.29, 0.717) is 11.8 Å². The van der Waals surface area contributed by atoms with Crippen LogP contribution in [0.1, 0.15) is 19.3 Å². The molecule has 1 amide bonds. The van der Waals surface area contributed by atoms with Crippen LogP contribution in [0.15, 0.2) is 0 Å². The predicted octanol–water partition coefficient (Wildman–Crippen LogP) is 0.577. The molecule has 0 aromatic rings. The summed E-state index contributed by atoms with van der Waals surface area (Å²) in [5, 5.41) is 0. The van der Waals surface area contributed by atoms with E-state index in [4.69, 9.17) is 4.74 Å². The van der Waals surface area contributed by atoms with E-state index in [2.05, 4.69) is 4.90 Å². The maximum atomic E-state index is 11.8. The fourth-order valence-corrected chi connectivity index (χ4v) is 2.21. The Labute approximate surface area is 97.5 Å². The number of ether oxygens (including phenoxy) is 1. The Kier molecular flexibility index (Phi) is 4.18. The van der Waals surface area contributed by atoms with Crippen LogP contribution in [0.4, 0.5) is 0 Å². The average molecular weight is 226 g/mol. The van der Waals surface area contributed by atoms with E-state index in [1.165, 1.54) is 0 Å². The smallest absolute Gasteiger partial charge is 0.225 e. The fraction of sp³-hybridized carbons (Fsp3) is 0.917. The fourth-order valence-electron chi connectivity index (χ4n) is 2.21. The predicted molar refractivity (Wildman–Crippen MR) is 62.2 cm³/mol. The number of piperazine rings is 1. The summed E-state index contributed by atoms with van der Waals surface area (Å²) in [7, 11) is 1.74. The van der Waals surface area contributed by atoms with E-state index < -0.39 is 0 Å². The number of hydrogen-bond acceptors (Lipinski definition) is 3. The van der Waals surface area contributed by atoms with Crippen molar-refractivity contribution in [2.24, 2.45) is 5.92 Å². The first-order chi connectivity index (χ1) is 7.81. The number of methoxy groups -OCH3 is 1. The molecule has 0 radical (unpaired) electrons. The highest BCUT2D eigenvalue weighted by molar-refractivity contribution is 5.81. The Bertz CT molecular complexity index is 233. The number of carbonyl (C=O) groups excluding carboxylic acids is 1. The first-order valence-electron chi connectivity index (χ1n) is 6.31. The van der Waals surface area contributed by atoms with Gasteiger partial charge in [0.1, 0.15) is 0 Å². The van der Waals surface area contributed by atoms with Crippen LogP contribution in [-0.2, 0) is 9.53 Å². The lowest BCUT2D eigenvalue weighted by Gasteiger charge is -2.34. The molecule has 1 saturated carbocycles. The van der Waals surface area contributed by atoms with Crippen LogP contribution in [0.3, 0.4) is 0 Å². The van der Waals surface area contributed by atoms with Gasteiger partial charge < -0.3 is 9.64 Å². The van der Waals surface area contributed by atoms with Crippen molar-refractivity contribution in [2.75, 3.05) is 46.4 Å². The van der Waals surface area contributed by atoms with Gasteiger partial charge in [0.25, 0.3) is 0 Å². The second-order valence-corrected chi connectivity index (χ2v) is 4.79.